The molecule has 1 atom stereocenters. The Labute approximate surface area is 171 Å². The molecule has 0 aromatic heterocycles. The summed E-state index contributed by atoms with van der Waals surface area (Å²) in [6.07, 6.45) is 2.38. The maximum absolute atomic E-state index is 12.4. The van der Waals surface area contributed by atoms with Gasteiger partial charge in [0.1, 0.15) is 0 Å². The second-order valence-electron chi connectivity index (χ2n) is 7.52. The van der Waals surface area contributed by atoms with Crippen LogP contribution in [0.5, 0.6) is 0 Å². The third kappa shape index (κ3) is 5.57. The second kappa shape index (κ2) is 9.22. The lowest BCUT2D eigenvalue weighted by atomic mass is 10.0. The summed E-state index contributed by atoms with van der Waals surface area (Å²) in [6.45, 7) is 6.51. The SMILES string of the molecule is Cc1cc(NC(=O)c2ccc(Cl)cc2)ccc1NC(=O)CN1CCC[C@@H](C)C1. The number of benzene rings is 2. The highest BCUT2D eigenvalue weighted by Gasteiger charge is 2.18. The number of nitrogens with one attached hydrogen (secondary N) is 2. The molecule has 1 fully saturated rings. The van der Waals surface area contributed by atoms with Crippen molar-refractivity contribution in [1.82, 2.24) is 4.90 Å². The molecular weight excluding hydrogens is 374 g/mol. The van der Waals surface area contributed by atoms with Gasteiger partial charge in [-0.15, -0.1) is 0 Å². The van der Waals surface area contributed by atoms with E-state index in [0.29, 0.717) is 28.7 Å². The fourth-order valence-electron chi connectivity index (χ4n) is 3.51. The fraction of sp³-hybridized carbons (Fsp3) is 0.364. The molecule has 0 saturated carbocycles. The highest BCUT2D eigenvalue weighted by Crippen LogP contribution is 2.21. The predicted molar refractivity (Wildman–Crippen MR) is 114 cm³/mol. The van der Waals surface area contributed by atoms with Crippen molar-refractivity contribution in [3.8, 4) is 0 Å². The minimum atomic E-state index is -0.202. The Balaban J connectivity index is 1.58. The zero-order chi connectivity index (χ0) is 20.1. The average Bonchev–Trinajstić information content (AvgIpc) is 2.64. The maximum Gasteiger partial charge on any atom is 0.255 e. The number of aryl methyl sites for hydroxylation is 1. The summed E-state index contributed by atoms with van der Waals surface area (Å²) in [5, 5.41) is 6.44. The molecule has 0 aliphatic carbocycles. The van der Waals surface area contributed by atoms with E-state index in [-0.39, 0.29) is 11.8 Å². The van der Waals surface area contributed by atoms with Crippen molar-refractivity contribution in [2.24, 2.45) is 5.92 Å². The molecule has 5 nitrogen and oxygen atoms in total. The summed E-state index contributed by atoms with van der Waals surface area (Å²) in [5.74, 6) is 0.439. The van der Waals surface area contributed by atoms with E-state index >= 15 is 0 Å². The molecule has 1 saturated heterocycles. The van der Waals surface area contributed by atoms with Gasteiger partial charge >= 0.3 is 0 Å². The van der Waals surface area contributed by atoms with Gasteiger partial charge in [0.25, 0.3) is 5.91 Å². The molecule has 1 aliphatic heterocycles. The number of rotatable bonds is 5. The largest absolute Gasteiger partial charge is 0.325 e. The number of likely N-dealkylation sites (tertiary alicyclic amines) is 1. The molecule has 0 spiro atoms. The Kier molecular flexibility index (Phi) is 6.70. The molecule has 6 heteroatoms. The first-order valence-electron chi connectivity index (χ1n) is 9.60. The van der Waals surface area contributed by atoms with Gasteiger partial charge in [-0.2, -0.15) is 0 Å². The Bertz CT molecular complexity index is 851. The summed E-state index contributed by atoms with van der Waals surface area (Å²) < 4.78 is 0. The zero-order valence-corrected chi connectivity index (χ0v) is 17.1. The predicted octanol–water partition coefficient (Wildman–Crippen LogP) is 4.57. The Hall–Kier alpha value is -2.37. The van der Waals surface area contributed by atoms with Gasteiger partial charge < -0.3 is 10.6 Å². The van der Waals surface area contributed by atoms with Crippen molar-refractivity contribution in [2.75, 3.05) is 30.3 Å². The van der Waals surface area contributed by atoms with Gasteiger partial charge in [0, 0.05) is 28.5 Å². The highest BCUT2D eigenvalue weighted by molar-refractivity contribution is 6.30. The minimum absolute atomic E-state index is 0.00449. The van der Waals surface area contributed by atoms with E-state index in [1.165, 1.54) is 6.42 Å². The van der Waals surface area contributed by atoms with E-state index in [1.54, 1.807) is 30.3 Å². The first kappa shape index (κ1) is 20.4. The lowest BCUT2D eigenvalue weighted by Gasteiger charge is -2.30. The molecule has 3 rings (SSSR count). The maximum atomic E-state index is 12.4. The summed E-state index contributed by atoms with van der Waals surface area (Å²) in [4.78, 5) is 26.9. The van der Waals surface area contributed by atoms with Gasteiger partial charge in [0.2, 0.25) is 5.91 Å². The number of amides is 2. The third-order valence-electron chi connectivity index (χ3n) is 4.97. The number of hydrogen-bond acceptors (Lipinski definition) is 3. The van der Waals surface area contributed by atoms with Crippen LogP contribution < -0.4 is 10.6 Å². The van der Waals surface area contributed by atoms with Gasteiger partial charge in [0.15, 0.2) is 0 Å². The smallest absolute Gasteiger partial charge is 0.255 e. The topological polar surface area (TPSA) is 61.4 Å². The van der Waals surface area contributed by atoms with Crippen molar-refractivity contribution >= 4 is 34.8 Å². The van der Waals surface area contributed by atoms with Crippen LogP contribution in [-0.2, 0) is 4.79 Å². The zero-order valence-electron chi connectivity index (χ0n) is 16.3. The molecule has 2 amide bonds. The summed E-state index contributed by atoms with van der Waals surface area (Å²) >= 11 is 5.86. The molecule has 0 bridgehead atoms. The first-order valence-corrected chi connectivity index (χ1v) is 9.98. The van der Waals surface area contributed by atoms with Crippen LogP contribution in [0.4, 0.5) is 11.4 Å². The van der Waals surface area contributed by atoms with Crippen molar-refractivity contribution < 1.29 is 9.59 Å². The number of carbonyl (C=O) groups is 2. The van der Waals surface area contributed by atoms with Crippen molar-refractivity contribution in [3.05, 3.63) is 58.6 Å². The lowest BCUT2D eigenvalue weighted by Crippen LogP contribution is -2.39. The standard InChI is InChI=1S/C22H26ClN3O2/c1-15-4-3-11-26(13-15)14-21(27)25-20-10-9-19(12-16(20)2)24-22(28)17-5-7-18(23)8-6-17/h5-10,12,15H,3-4,11,13-14H2,1-2H3,(H,24,28)(H,25,27)/t15-/m1/s1. The molecule has 0 unspecified atom stereocenters. The van der Waals surface area contributed by atoms with Crippen molar-refractivity contribution in [1.29, 1.82) is 0 Å². The molecule has 28 heavy (non-hydrogen) atoms. The summed E-state index contributed by atoms with van der Waals surface area (Å²) in [7, 11) is 0. The monoisotopic (exact) mass is 399 g/mol. The van der Waals surface area contributed by atoms with E-state index in [4.69, 9.17) is 11.6 Å². The number of carbonyl (C=O) groups excluding carboxylic acids is 2. The Morgan fingerprint density at radius 1 is 1.14 bits per heavy atom. The van der Waals surface area contributed by atoms with Gasteiger partial charge in [-0.3, -0.25) is 14.5 Å². The summed E-state index contributed by atoms with van der Waals surface area (Å²) in [5.41, 5.74) is 2.88. The Morgan fingerprint density at radius 3 is 2.57 bits per heavy atom. The number of piperidine rings is 1. The van der Waals surface area contributed by atoms with E-state index < -0.39 is 0 Å². The molecule has 2 N–H and O–H groups in total. The number of nitrogens with zero attached hydrogens (tertiary/aromatic N) is 1. The molecule has 0 radical (unpaired) electrons. The van der Waals surface area contributed by atoms with E-state index in [2.05, 4.69) is 22.5 Å². The molecular formula is C22H26ClN3O2. The highest BCUT2D eigenvalue weighted by atomic mass is 35.5. The van der Waals surface area contributed by atoms with Crippen molar-refractivity contribution in [3.63, 3.8) is 0 Å². The van der Waals surface area contributed by atoms with Crippen molar-refractivity contribution in [2.45, 2.75) is 26.7 Å². The minimum Gasteiger partial charge on any atom is -0.325 e. The van der Waals surface area contributed by atoms with Crippen LogP contribution in [0.15, 0.2) is 42.5 Å². The average molecular weight is 400 g/mol. The number of hydrogen-bond donors (Lipinski definition) is 2. The van der Waals surface area contributed by atoms with Crippen LogP contribution in [0.1, 0.15) is 35.7 Å². The fourth-order valence-corrected chi connectivity index (χ4v) is 3.64. The first-order chi connectivity index (χ1) is 13.4. The van der Waals surface area contributed by atoms with Gasteiger partial charge in [-0.05, 0) is 80.3 Å². The number of halogens is 1. The lowest BCUT2D eigenvalue weighted by molar-refractivity contribution is -0.117. The summed E-state index contributed by atoms with van der Waals surface area (Å²) in [6, 6.07) is 12.2. The second-order valence-corrected chi connectivity index (χ2v) is 7.96. The van der Waals surface area contributed by atoms with Crippen LogP contribution in [0.3, 0.4) is 0 Å². The van der Waals surface area contributed by atoms with Crippen LogP contribution >= 0.6 is 11.6 Å². The molecule has 2 aromatic rings. The quantitative estimate of drug-likeness (QED) is 0.774. The third-order valence-corrected chi connectivity index (χ3v) is 5.23. The van der Waals surface area contributed by atoms with E-state index in [1.807, 2.05) is 19.1 Å². The van der Waals surface area contributed by atoms with Crippen LogP contribution in [-0.4, -0.2) is 36.3 Å². The normalized spacial score (nSPS) is 17.2. The molecule has 2 aromatic carbocycles. The Morgan fingerprint density at radius 2 is 1.89 bits per heavy atom. The van der Waals surface area contributed by atoms with Gasteiger partial charge in [-0.1, -0.05) is 18.5 Å². The van der Waals surface area contributed by atoms with Crippen LogP contribution in [0, 0.1) is 12.8 Å². The van der Waals surface area contributed by atoms with Crippen LogP contribution in [0.25, 0.3) is 0 Å². The number of anilines is 2. The van der Waals surface area contributed by atoms with Crippen LogP contribution in [0.2, 0.25) is 5.02 Å². The molecule has 148 valence electrons. The van der Waals surface area contributed by atoms with E-state index in [0.717, 1.165) is 30.8 Å². The van der Waals surface area contributed by atoms with Gasteiger partial charge in [-0.25, -0.2) is 0 Å². The van der Waals surface area contributed by atoms with E-state index in [9.17, 15) is 9.59 Å². The van der Waals surface area contributed by atoms with Gasteiger partial charge in [0.05, 0.1) is 6.54 Å². The molecule has 1 aliphatic rings. The molecule has 1 heterocycles.